The zero-order valence-corrected chi connectivity index (χ0v) is 27.1. The van der Waals surface area contributed by atoms with Crippen molar-refractivity contribution in [1.82, 2.24) is 9.88 Å². The average molecular weight is 673 g/mol. The van der Waals surface area contributed by atoms with Crippen LogP contribution in [0, 0.1) is 0 Å². The number of imide groups is 1. The zero-order chi connectivity index (χ0) is 33.9. The van der Waals surface area contributed by atoms with E-state index in [0.717, 1.165) is 33.4 Å². The molecule has 3 heterocycles. The van der Waals surface area contributed by atoms with E-state index in [1.807, 2.05) is 72.8 Å². The number of ether oxygens (including phenoxy) is 2. The van der Waals surface area contributed by atoms with Crippen LogP contribution in [0.15, 0.2) is 120 Å². The summed E-state index contributed by atoms with van der Waals surface area (Å²) in [5, 5.41) is 19.6. The van der Waals surface area contributed by atoms with Crippen LogP contribution in [0.1, 0.15) is 72.1 Å². The number of aromatic nitrogens is 1. The number of aliphatic hydroxyl groups excluding tert-OH is 1. The Morgan fingerprint density at radius 2 is 1.51 bits per heavy atom. The van der Waals surface area contributed by atoms with Gasteiger partial charge in [-0.1, -0.05) is 78.9 Å². The molecule has 0 saturated carbocycles. The molecule has 2 amide bonds. The highest BCUT2D eigenvalue weighted by Gasteiger charge is 2.35. The molecular weight excluding hydrogens is 641 g/mol. The molecule has 1 fully saturated rings. The number of thioether (sulfide) groups is 1. The molecule has 0 aliphatic carbocycles. The van der Waals surface area contributed by atoms with Crippen molar-refractivity contribution in [3.8, 4) is 11.1 Å². The highest BCUT2D eigenvalue weighted by Crippen LogP contribution is 2.40. The van der Waals surface area contributed by atoms with Crippen LogP contribution in [0.2, 0.25) is 0 Å². The van der Waals surface area contributed by atoms with Gasteiger partial charge in [0.15, 0.2) is 6.29 Å². The first-order chi connectivity index (χ1) is 23.9. The Morgan fingerprint density at radius 3 is 2.20 bits per heavy atom. The standard InChI is InChI=1S/C39H32N2O7S/c42-22-24-10-12-27(13-11-24)34-20-30(23-49-35-33(38(45)46)9-4-18-40-35)47-39(48-34)28-16-14-26(15-17-28)29-6-3-5-25(19-29)21-41-36(43)31-7-1-2-8-32(31)37(41)44/h1-19,30,34,39,42H,20-23H2,(H,45,46)/t30-,34+,39+/m0/s1. The van der Waals surface area contributed by atoms with Gasteiger partial charge in [-0.2, -0.15) is 0 Å². The van der Waals surface area contributed by atoms with Crippen molar-refractivity contribution in [1.29, 1.82) is 0 Å². The van der Waals surface area contributed by atoms with Gasteiger partial charge in [0.2, 0.25) is 0 Å². The molecule has 1 saturated heterocycles. The van der Waals surface area contributed by atoms with E-state index in [4.69, 9.17) is 9.47 Å². The van der Waals surface area contributed by atoms with Crippen LogP contribution in [0.3, 0.4) is 0 Å². The summed E-state index contributed by atoms with van der Waals surface area (Å²) in [5.74, 6) is -1.13. The fourth-order valence-electron chi connectivity index (χ4n) is 6.11. The van der Waals surface area contributed by atoms with Crippen LogP contribution in [0.4, 0.5) is 0 Å². The summed E-state index contributed by atoms with van der Waals surface area (Å²) in [6.07, 6.45) is 0.885. The summed E-state index contributed by atoms with van der Waals surface area (Å²) in [6, 6.07) is 33.3. The molecule has 3 atom stereocenters. The van der Waals surface area contributed by atoms with Gasteiger partial charge in [0.1, 0.15) is 5.03 Å². The SMILES string of the molecule is O=C(O)c1cccnc1SC[C@@H]1C[C@H](c2ccc(CO)cc2)O[C@H](c2ccc(-c3cccc(CN4C(=O)c5ccccc5C4=O)c3)cc2)O1. The lowest BCUT2D eigenvalue weighted by atomic mass is 9.99. The number of benzene rings is 4. The molecule has 2 aliphatic heterocycles. The molecule has 4 aromatic carbocycles. The van der Waals surface area contributed by atoms with E-state index >= 15 is 0 Å². The largest absolute Gasteiger partial charge is 0.478 e. The van der Waals surface area contributed by atoms with Crippen LogP contribution in [-0.4, -0.2) is 49.7 Å². The van der Waals surface area contributed by atoms with Gasteiger partial charge in [0.25, 0.3) is 11.8 Å². The molecule has 246 valence electrons. The van der Waals surface area contributed by atoms with E-state index in [1.165, 1.54) is 16.7 Å². The lowest BCUT2D eigenvalue weighted by Gasteiger charge is -2.36. The summed E-state index contributed by atoms with van der Waals surface area (Å²) >= 11 is 1.34. The van der Waals surface area contributed by atoms with Gasteiger partial charge < -0.3 is 19.7 Å². The molecule has 1 aromatic heterocycles. The van der Waals surface area contributed by atoms with Crippen LogP contribution in [0.5, 0.6) is 0 Å². The zero-order valence-electron chi connectivity index (χ0n) is 26.3. The molecule has 49 heavy (non-hydrogen) atoms. The minimum atomic E-state index is -1.03. The molecule has 2 aliphatic rings. The average Bonchev–Trinajstić information content (AvgIpc) is 3.38. The number of amides is 2. The second-order valence-corrected chi connectivity index (χ2v) is 12.9. The number of hydrogen-bond donors (Lipinski definition) is 2. The van der Waals surface area contributed by atoms with Gasteiger partial charge in [-0.3, -0.25) is 14.5 Å². The molecule has 5 aromatic rings. The predicted octanol–water partition coefficient (Wildman–Crippen LogP) is 7.07. The lowest BCUT2D eigenvalue weighted by Crippen LogP contribution is -2.31. The third-order valence-electron chi connectivity index (χ3n) is 8.68. The van der Waals surface area contributed by atoms with Gasteiger partial charge in [0.05, 0.1) is 42.0 Å². The Balaban J connectivity index is 1.09. The number of carboxylic acid groups (broad SMARTS) is 1. The Labute approximate surface area is 287 Å². The van der Waals surface area contributed by atoms with Gasteiger partial charge >= 0.3 is 5.97 Å². The van der Waals surface area contributed by atoms with Crippen molar-refractivity contribution in [3.05, 3.63) is 154 Å². The third-order valence-corrected chi connectivity index (χ3v) is 9.82. The number of carboxylic acids is 1. The summed E-state index contributed by atoms with van der Waals surface area (Å²) < 4.78 is 12.9. The normalized spacial score (nSPS) is 18.8. The number of carbonyl (C=O) groups is 3. The maximum Gasteiger partial charge on any atom is 0.338 e. The van der Waals surface area contributed by atoms with Crippen molar-refractivity contribution in [2.45, 2.75) is 43.1 Å². The topological polar surface area (TPSA) is 126 Å². The minimum Gasteiger partial charge on any atom is -0.478 e. The Bertz CT molecular complexity index is 1980. The molecule has 0 unspecified atom stereocenters. The maximum atomic E-state index is 12.9. The van der Waals surface area contributed by atoms with Crippen molar-refractivity contribution in [2.24, 2.45) is 0 Å². The number of carbonyl (C=O) groups excluding carboxylic acids is 2. The van der Waals surface area contributed by atoms with Crippen molar-refractivity contribution in [2.75, 3.05) is 5.75 Å². The number of aliphatic hydroxyl groups is 1. The first-order valence-electron chi connectivity index (χ1n) is 15.8. The molecule has 0 radical (unpaired) electrons. The predicted molar refractivity (Wildman–Crippen MR) is 183 cm³/mol. The number of fused-ring (bicyclic) bond motifs is 1. The van der Waals surface area contributed by atoms with Crippen LogP contribution in [-0.2, 0) is 22.6 Å². The highest BCUT2D eigenvalue weighted by molar-refractivity contribution is 7.99. The van der Waals surface area contributed by atoms with E-state index in [0.29, 0.717) is 28.3 Å². The lowest BCUT2D eigenvalue weighted by molar-refractivity contribution is -0.245. The molecule has 9 nitrogen and oxygen atoms in total. The van der Waals surface area contributed by atoms with E-state index in [9.17, 15) is 24.6 Å². The monoisotopic (exact) mass is 672 g/mol. The van der Waals surface area contributed by atoms with Gasteiger partial charge in [-0.15, -0.1) is 11.8 Å². The Kier molecular flexibility index (Phi) is 9.36. The van der Waals surface area contributed by atoms with E-state index in [2.05, 4.69) is 4.98 Å². The Hall–Kier alpha value is -5.13. The molecular formula is C39H32N2O7S. The summed E-state index contributed by atoms with van der Waals surface area (Å²) in [4.78, 5) is 43.1. The highest BCUT2D eigenvalue weighted by atomic mass is 32.2. The summed E-state index contributed by atoms with van der Waals surface area (Å²) in [5.41, 5.74) is 6.31. The molecule has 2 N–H and O–H groups in total. The fraction of sp³-hybridized carbons (Fsp3) is 0.179. The van der Waals surface area contributed by atoms with Gasteiger partial charge in [-0.25, -0.2) is 9.78 Å². The van der Waals surface area contributed by atoms with Crippen LogP contribution < -0.4 is 0 Å². The fourth-order valence-corrected chi connectivity index (χ4v) is 7.12. The molecule has 0 bridgehead atoms. The van der Waals surface area contributed by atoms with Crippen molar-refractivity contribution in [3.63, 3.8) is 0 Å². The van der Waals surface area contributed by atoms with E-state index in [1.54, 1.807) is 42.6 Å². The number of rotatable bonds is 10. The quantitative estimate of drug-likeness (QED) is 0.118. The molecule has 0 spiro atoms. The van der Waals surface area contributed by atoms with Crippen LogP contribution in [0.25, 0.3) is 11.1 Å². The number of hydrogen-bond acceptors (Lipinski definition) is 8. The first-order valence-corrected chi connectivity index (χ1v) is 16.8. The first kappa shape index (κ1) is 32.4. The Morgan fingerprint density at radius 1 is 0.796 bits per heavy atom. The number of aromatic carboxylic acids is 1. The van der Waals surface area contributed by atoms with Crippen molar-refractivity contribution < 1.29 is 34.1 Å². The second kappa shape index (κ2) is 14.2. The maximum absolute atomic E-state index is 12.9. The minimum absolute atomic E-state index is 0.0508. The van der Waals surface area contributed by atoms with Crippen molar-refractivity contribution >= 4 is 29.5 Å². The van der Waals surface area contributed by atoms with Gasteiger partial charge in [0, 0.05) is 23.9 Å². The number of pyridine rings is 1. The third kappa shape index (κ3) is 6.90. The molecule has 10 heteroatoms. The molecule has 7 rings (SSSR count). The van der Waals surface area contributed by atoms with E-state index in [-0.39, 0.29) is 42.7 Å². The van der Waals surface area contributed by atoms with Gasteiger partial charge in [-0.05, 0) is 58.1 Å². The number of nitrogens with zero attached hydrogens (tertiary/aromatic N) is 2. The second-order valence-electron chi connectivity index (χ2n) is 11.9. The smallest absolute Gasteiger partial charge is 0.338 e. The van der Waals surface area contributed by atoms with Crippen LogP contribution >= 0.6 is 11.8 Å². The summed E-state index contributed by atoms with van der Waals surface area (Å²) in [7, 11) is 0. The van der Waals surface area contributed by atoms with E-state index < -0.39 is 12.3 Å². The summed E-state index contributed by atoms with van der Waals surface area (Å²) in [6.45, 7) is 0.124.